The minimum atomic E-state index is -0.134. The van der Waals surface area contributed by atoms with Gasteiger partial charge in [0, 0.05) is 32.1 Å². The maximum atomic E-state index is 12.8. The number of hydrogen-bond acceptors (Lipinski definition) is 5. The highest BCUT2D eigenvalue weighted by Crippen LogP contribution is 2.29. The van der Waals surface area contributed by atoms with Crippen molar-refractivity contribution in [3.63, 3.8) is 0 Å². The van der Waals surface area contributed by atoms with Crippen molar-refractivity contribution in [1.29, 1.82) is 0 Å². The molecule has 3 rings (SSSR count). The first-order chi connectivity index (χ1) is 14.6. The Morgan fingerprint density at radius 3 is 2.67 bits per heavy atom. The number of fused-ring (bicyclic) bond motifs is 1. The molecule has 0 N–H and O–H groups in total. The molecule has 0 bridgehead atoms. The molecule has 0 spiro atoms. The van der Waals surface area contributed by atoms with E-state index in [9.17, 15) is 9.59 Å². The van der Waals surface area contributed by atoms with Crippen LogP contribution in [0.25, 0.3) is 10.9 Å². The standard InChI is InChI=1S/C23H33N3O4/c1-4-7-17-8-5-11-25(13-10-17)22(27)9-6-12-26-16-24-19-15-21(30-3)20(29-2)14-18(19)23(26)28/h14-17H,4-13H2,1-3H3. The predicted molar refractivity (Wildman–Crippen MR) is 117 cm³/mol. The van der Waals surface area contributed by atoms with Crippen molar-refractivity contribution in [2.75, 3.05) is 27.3 Å². The Hall–Kier alpha value is -2.57. The lowest BCUT2D eigenvalue weighted by Crippen LogP contribution is -2.32. The molecular formula is C23H33N3O4. The zero-order chi connectivity index (χ0) is 21.5. The molecule has 1 aliphatic rings. The van der Waals surface area contributed by atoms with Crippen molar-refractivity contribution in [3.8, 4) is 11.5 Å². The van der Waals surface area contributed by atoms with E-state index in [1.54, 1.807) is 30.1 Å². The molecule has 2 heterocycles. The normalized spacial score (nSPS) is 17.0. The van der Waals surface area contributed by atoms with Crippen LogP contribution in [0.1, 0.15) is 51.9 Å². The number of hydrogen-bond donors (Lipinski definition) is 0. The van der Waals surface area contributed by atoms with Gasteiger partial charge in [-0.1, -0.05) is 19.8 Å². The number of ether oxygens (including phenoxy) is 2. The highest BCUT2D eigenvalue weighted by molar-refractivity contribution is 5.81. The maximum absolute atomic E-state index is 12.8. The van der Waals surface area contributed by atoms with Crippen molar-refractivity contribution in [3.05, 3.63) is 28.8 Å². The predicted octanol–water partition coefficient (Wildman–Crippen LogP) is 3.62. The minimum absolute atomic E-state index is 0.134. The van der Waals surface area contributed by atoms with Crippen molar-refractivity contribution in [2.45, 2.75) is 58.4 Å². The number of aryl methyl sites for hydroxylation is 1. The Bertz CT molecular complexity index is 925. The topological polar surface area (TPSA) is 73.7 Å². The largest absolute Gasteiger partial charge is 0.493 e. The molecule has 7 heteroatoms. The van der Waals surface area contributed by atoms with Crippen LogP contribution in [0.5, 0.6) is 11.5 Å². The van der Waals surface area contributed by atoms with Crippen molar-refractivity contribution in [2.24, 2.45) is 5.92 Å². The lowest BCUT2D eigenvalue weighted by Gasteiger charge is -2.20. The van der Waals surface area contributed by atoms with Gasteiger partial charge in [0.05, 0.1) is 31.4 Å². The van der Waals surface area contributed by atoms with Crippen LogP contribution in [0.4, 0.5) is 0 Å². The van der Waals surface area contributed by atoms with E-state index < -0.39 is 0 Å². The molecule has 1 aromatic carbocycles. The summed E-state index contributed by atoms with van der Waals surface area (Å²) in [6.07, 6.45) is 8.52. The summed E-state index contributed by atoms with van der Waals surface area (Å²) in [4.78, 5) is 31.9. The van der Waals surface area contributed by atoms with E-state index in [0.717, 1.165) is 31.8 Å². The number of nitrogens with zero attached hydrogens (tertiary/aromatic N) is 3. The van der Waals surface area contributed by atoms with Gasteiger partial charge in [0.2, 0.25) is 5.91 Å². The average Bonchev–Trinajstić information content (AvgIpc) is 3.00. The molecule has 0 saturated carbocycles. The van der Waals surface area contributed by atoms with Gasteiger partial charge in [-0.15, -0.1) is 0 Å². The van der Waals surface area contributed by atoms with Crippen LogP contribution >= 0.6 is 0 Å². The lowest BCUT2D eigenvalue weighted by molar-refractivity contribution is -0.131. The van der Waals surface area contributed by atoms with Crippen molar-refractivity contribution >= 4 is 16.8 Å². The van der Waals surface area contributed by atoms with Gasteiger partial charge >= 0.3 is 0 Å². The first-order valence-corrected chi connectivity index (χ1v) is 11.0. The second-order valence-corrected chi connectivity index (χ2v) is 8.04. The molecule has 2 aromatic rings. The highest BCUT2D eigenvalue weighted by atomic mass is 16.5. The van der Waals surface area contributed by atoms with Gasteiger partial charge in [0.1, 0.15) is 0 Å². The first kappa shape index (κ1) is 22.1. The molecule has 1 atom stereocenters. The zero-order valence-electron chi connectivity index (χ0n) is 18.4. The summed E-state index contributed by atoms with van der Waals surface area (Å²) in [6, 6.07) is 3.36. The average molecular weight is 416 g/mol. The van der Waals surface area contributed by atoms with Crippen molar-refractivity contribution in [1.82, 2.24) is 14.5 Å². The molecule has 0 aliphatic carbocycles. The summed E-state index contributed by atoms with van der Waals surface area (Å²) >= 11 is 0. The third-order valence-corrected chi connectivity index (χ3v) is 6.02. The Morgan fingerprint density at radius 1 is 1.17 bits per heavy atom. The fraction of sp³-hybridized carbons (Fsp3) is 0.609. The van der Waals surface area contributed by atoms with E-state index in [2.05, 4.69) is 11.9 Å². The Morgan fingerprint density at radius 2 is 1.93 bits per heavy atom. The minimum Gasteiger partial charge on any atom is -0.493 e. The highest BCUT2D eigenvalue weighted by Gasteiger charge is 2.20. The number of carbonyl (C=O) groups excluding carboxylic acids is 1. The molecule has 164 valence electrons. The van der Waals surface area contributed by atoms with Gasteiger partial charge in [-0.2, -0.15) is 0 Å². The number of amides is 1. The van der Waals surface area contributed by atoms with Crippen LogP contribution in [-0.2, 0) is 11.3 Å². The fourth-order valence-electron chi connectivity index (χ4n) is 4.32. The van der Waals surface area contributed by atoms with Crippen LogP contribution in [0.3, 0.4) is 0 Å². The van der Waals surface area contributed by atoms with E-state index >= 15 is 0 Å². The van der Waals surface area contributed by atoms with Crippen molar-refractivity contribution < 1.29 is 14.3 Å². The van der Waals surface area contributed by atoms with Gasteiger partial charge in [-0.25, -0.2) is 4.98 Å². The second kappa shape index (κ2) is 10.5. The van der Waals surface area contributed by atoms with Crippen LogP contribution in [0, 0.1) is 5.92 Å². The number of methoxy groups -OCH3 is 2. The lowest BCUT2D eigenvalue weighted by atomic mass is 9.96. The van der Waals surface area contributed by atoms with Gasteiger partial charge in [-0.3, -0.25) is 14.2 Å². The number of benzene rings is 1. The monoisotopic (exact) mass is 415 g/mol. The Balaban J connectivity index is 1.61. The van der Waals surface area contributed by atoms with Crippen LogP contribution < -0.4 is 15.0 Å². The third-order valence-electron chi connectivity index (χ3n) is 6.02. The molecule has 1 fully saturated rings. The number of likely N-dealkylation sites (tertiary alicyclic amines) is 1. The molecule has 1 aliphatic heterocycles. The Kier molecular flexibility index (Phi) is 7.71. The molecule has 7 nitrogen and oxygen atoms in total. The Labute approximate surface area is 178 Å². The summed E-state index contributed by atoms with van der Waals surface area (Å²) in [6.45, 7) is 4.42. The van der Waals surface area contributed by atoms with Crippen LogP contribution in [0.2, 0.25) is 0 Å². The third kappa shape index (κ3) is 5.12. The fourth-order valence-corrected chi connectivity index (χ4v) is 4.32. The molecule has 1 amide bonds. The molecule has 0 radical (unpaired) electrons. The van der Waals surface area contributed by atoms with Gasteiger partial charge in [0.15, 0.2) is 11.5 Å². The van der Waals surface area contributed by atoms with Gasteiger partial charge in [-0.05, 0) is 37.7 Å². The molecule has 1 aromatic heterocycles. The summed E-state index contributed by atoms with van der Waals surface area (Å²) in [5.41, 5.74) is 0.432. The molecule has 1 unspecified atom stereocenters. The summed E-state index contributed by atoms with van der Waals surface area (Å²) in [5, 5.41) is 0.482. The number of aromatic nitrogens is 2. The van der Waals surface area contributed by atoms with E-state index in [1.807, 2.05) is 4.90 Å². The van der Waals surface area contributed by atoms with E-state index in [4.69, 9.17) is 9.47 Å². The smallest absolute Gasteiger partial charge is 0.261 e. The van der Waals surface area contributed by atoms with E-state index in [0.29, 0.717) is 41.8 Å². The van der Waals surface area contributed by atoms with E-state index in [1.165, 1.54) is 26.4 Å². The van der Waals surface area contributed by atoms with Crippen LogP contribution in [0.15, 0.2) is 23.3 Å². The summed E-state index contributed by atoms with van der Waals surface area (Å²) < 4.78 is 12.1. The van der Waals surface area contributed by atoms with Crippen LogP contribution in [-0.4, -0.2) is 47.7 Å². The number of rotatable bonds is 8. The maximum Gasteiger partial charge on any atom is 0.261 e. The first-order valence-electron chi connectivity index (χ1n) is 11.0. The SMILES string of the molecule is CCCC1CCCN(C(=O)CCCn2cnc3cc(OC)c(OC)cc3c2=O)CC1. The quantitative estimate of drug-likeness (QED) is 0.658. The van der Waals surface area contributed by atoms with E-state index in [-0.39, 0.29) is 11.5 Å². The molecule has 1 saturated heterocycles. The molecular weight excluding hydrogens is 382 g/mol. The van der Waals surface area contributed by atoms with Gasteiger partial charge < -0.3 is 14.4 Å². The number of carbonyl (C=O) groups is 1. The molecule has 30 heavy (non-hydrogen) atoms. The van der Waals surface area contributed by atoms with Gasteiger partial charge in [0.25, 0.3) is 5.56 Å². The summed E-state index contributed by atoms with van der Waals surface area (Å²) in [5.74, 6) is 1.99. The zero-order valence-corrected chi connectivity index (χ0v) is 18.4. The summed E-state index contributed by atoms with van der Waals surface area (Å²) in [7, 11) is 3.09. The second-order valence-electron chi connectivity index (χ2n) is 8.04.